The van der Waals surface area contributed by atoms with Crippen LogP contribution in [0, 0.1) is 5.21 Å². The molecule has 1 unspecified atom stereocenters. The molecule has 1 rings (SSSR count). The van der Waals surface area contributed by atoms with Gasteiger partial charge in [0.25, 0.3) is 0 Å². The summed E-state index contributed by atoms with van der Waals surface area (Å²) in [4.78, 5) is 14.5. The van der Waals surface area contributed by atoms with Gasteiger partial charge < -0.3 is 15.6 Å². The molecule has 1 atom stereocenters. The zero-order chi connectivity index (χ0) is 9.84. The first-order valence-electron chi connectivity index (χ1n) is 3.84. The molecule has 5 nitrogen and oxygen atoms in total. The standard InChI is InChI=1S/C8H11N3O2/c1-6(12)10-8-4-3-7(5-9-8)11(2)13/h3-5,11H,1-2H3,(H,9,10,12). The number of aromatic nitrogens is 1. The fourth-order valence-corrected chi connectivity index (χ4v) is 0.856. The van der Waals surface area contributed by atoms with Gasteiger partial charge in [0.1, 0.15) is 11.5 Å². The van der Waals surface area contributed by atoms with E-state index < -0.39 is 0 Å². The second kappa shape index (κ2) is 3.97. The van der Waals surface area contributed by atoms with Gasteiger partial charge in [-0.15, -0.1) is 0 Å². The molecular formula is C8H11N3O2. The largest absolute Gasteiger partial charge is 0.629 e. The number of amides is 1. The topological polar surface area (TPSA) is 69.5 Å². The third-order valence-electron chi connectivity index (χ3n) is 1.47. The first kappa shape index (κ1) is 9.63. The Morgan fingerprint density at radius 1 is 1.62 bits per heavy atom. The molecule has 5 heteroatoms. The van der Waals surface area contributed by atoms with Crippen LogP contribution in [0.5, 0.6) is 0 Å². The minimum Gasteiger partial charge on any atom is -0.629 e. The third-order valence-corrected chi connectivity index (χ3v) is 1.47. The van der Waals surface area contributed by atoms with Gasteiger partial charge in [0.2, 0.25) is 5.91 Å². The van der Waals surface area contributed by atoms with Crippen molar-refractivity contribution in [2.75, 3.05) is 12.4 Å². The van der Waals surface area contributed by atoms with Crippen molar-refractivity contribution in [1.82, 2.24) is 4.98 Å². The van der Waals surface area contributed by atoms with E-state index >= 15 is 0 Å². The van der Waals surface area contributed by atoms with Crippen LogP contribution in [0.15, 0.2) is 18.3 Å². The number of nitrogens with one attached hydrogen (secondary N) is 2. The number of anilines is 1. The maximum atomic E-state index is 10.9. The molecule has 1 amide bonds. The second-order valence-corrected chi connectivity index (χ2v) is 2.67. The fourth-order valence-electron chi connectivity index (χ4n) is 0.856. The van der Waals surface area contributed by atoms with E-state index in [2.05, 4.69) is 10.3 Å². The highest BCUT2D eigenvalue weighted by Gasteiger charge is 1.99. The lowest BCUT2D eigenvalue weighted by molar-refractivity contribution is -0.751. The van der Waals surface area contributed by atoms with E-state index in [1.54, 1.807) is 12.1 Å². The fraction of sp³-hybridized carbons (Fsp3) is 0.250. The summed E-state index contributed by atoms with van der Waals surface area (Å²) >= 11 is 0. The van der Waals surface area contributed by atoms with E-state index in [-0.39, 0.29) is 11.0 Å². The lowest BCUT2D eigenvalue weighted by atomic mass is 10.4. The van der Waals surface area contributed by atoms with Crippen LogP contribution in [0.25, 0.3) is 0 Å². The molecule has 1 aromatic heterocycles. The lowest BCUT2D eigenvalue weighted by Gasteiger charge is -2.14. The number of carbonyl (C=O) groups excluding carboxylic acids is 1. The monoisotopic (exact) mass is 181 g/mol. The molecule has 0 saturated heterocycles. The molecule has 0 spiro atoms. The molecule has 2 N–H and O–H groups in total. The quantitative estimate of drug-likeness (QED) is 0.614. The summed E-state index contributed by atoms with van der Waals surface area (Å²) in [6, 6.07) is 3.22. The molecule has 1 heterocycles. The van der Waals surface area contributed by atoms with E-state index in [1.165, 1.54) is 20.2 Å². The van der Waals surface area contributed by atoms with Crippen LogP contribution in [0.3, 0.4) is 0 Å². The predicted octanol–water partition coefficient (Wildman–Crippen LogP) is -0.316. The Bertz CT molecular complexity index is 295. The SMILES string of the molecule is CC(=O)Nc1ccc([NH+](C)[O-])cn1. The summed E-state index contributed by atoms with van der Waals surface area (Å²) in [7, 11) is 1.47. The van der Waals surface area contributed by atoms with Crippen molar-refractivity contribution < 1.29 is 9.86 Å². The molecule has 13 heavy (non-hydrogen) atoms. The van der Waals surface area contributed by atoms with Crippen LogP contribution in [0.4, 0.5) is 11.5 Å². The highest BCUT2D eigenvalue weighted by atomic mass is 16.5. The van der Waals surface area contributed by atoms with Crippen LogP contribution in [0.2, 0.25) is 0 Å². The van der Waals surface area contributed by atoms with Crippen molar-refractivity contribution in [3.63, 3.8) is 0 Å². The van der Waals surface area contributed by atoms with Crippen LogP contribution in [-0.4, -0.2) is 17.9 Å². The van der Waals surface area contributed by atoms with Crippen molar-refractivity contribution in [2.45, 2.75) is 6.92 Å². The van der Waals surface area contributed by atoms with Gasteiger partial charge in [-0.2, -0.15) is 0 Å². The van der Waals surface area contributed by atoms with Crippen LogP contribution in [-0.2, 0) is 4.79 Å². The van der Waals surface area contributed by atoms with Crippen molar-refractivity contribution in [3.05, 3.63) is 23.5 Å². The van der Waals surface area contributed by atoms with Gasteiger partial charge in [-0.1, -0.05) is 0 Å². The van der Waals surface area contributed by atoms with Gasteiger partial charge in [-0.05, 0) is 6.07 Å². The average molecular weight is 181 g/mol. The number of hydrogen-bond acceptors (Lipinski definition) is 3. The van der Waals surface area contributed by atoms with Crippen LogP contribution < -0.4 is 10.4 Å². The number of hydroxylamine groups is 1. The first-order chi connectivity index (χ1) is 6.09. The molecular weight excluding hydrogens is 170 g/mol. The molecule has 0 fully saturated rings. The number of nitrogens with zero attached hydrogens (tertiary/aromatic N) is 1. The Morgan fingerprint density at radius 3 is 2.69 bits per heavy atom. The Kier molecular flexibility index (Phi) is 2.94. The van der Waals surface area contributed by atoms with E-state index in [0.29, 0.717) is 11.5 Å². The summed E-state index contributed by atoms with van der Waals surface area (Å²) < 4.78 is 0. The molecule has 0 aliphatic heterocycles. The zero-order valence-corrected chi connectivity index (χ0v) is 7.50. The van der Waals surface area contributed by atoms with Gasteiger partial charge in [-0.25, -0.2) is 4.98 Å². The second-order valence-electron chi connectivity index (χ2n) is 2.67. The predicted molar refractivity (Wildman–Crippen MR) is 48.5 cm³/mol. The molecule has 70 valence electrons. The maximum Gasteiger partial charge on any atom is 0.222 e. The molecule has 0 radical (unpaired) electrons. The van der Waals surface area contributed by atoms with Crippen molar-refractivity contribution in [2.24, 2.45) is 0 Å². The molecule has 1 aromatic rings. The van der Waals surface area contributed by atoms with Gasteiger partial charge in [-0.3, -0.25) is 4.79 Å². The van der Waals surface area contributed by atoms with Gasteiger partial charge in [0, 0.05) is 13.0 Å². The zero-order valence-electron chi connectivity index (χ0n) is 7.50. The molecule has 0 bridgehead atoms. The first-order valence-corrected chi connectivity index (χ1v) is 3.84. The minimum atomic E-state index is -0.178. The summed E-state index contributed by atoms with van der Waals surface area (Å²) in [5.41, 5.74) is 0.536. The number of rotatable bonds is 2. The van der Waals surface area contributed by atoms with Crippen molar-refractivity contribution >= 4 is 17.4 Å². The summed E-state index contributed by atoms with van der Waals surface area (Å²) in [6.45, 7) is 1.40. The summed E-state index contributed by atoms with van der Waals surface area (Å²) in [5, 5.41) is 13.3. The number of hydrogen-bond donors (Lipinski definition) is 2. The Morgan fingerprint density at radius 2 is 2.31 bits per heavy atom. The molecule has 0 aliphatic carbocycles. The lowest BCUT2D eigenvalue weighted by Crippen LogP contribution is -2.98. The third kappa shape index (κ3) is 2.81. The van der Waals surface area contributed by atoms with Gasteiger partial charge in [0.05, 0.1) is 13.2 Å². The van der Waals surface area contributed by atoms with E-state index in [4.69, 9.17) is 0 Å². The Labute approximate surface area is 76.0 Å². The minimum absolute atomic E-state index is 0.0399. The van der Waals surface area contributed by atoms with E-state index in [1.807, 2.05) is 0 Å². The molecule has 0 aliphatic rings. The molecule has 0 saturated carbocycles. The average Bonchev–Trinajstić information content (AvgIpc) is 2.04. The Hall–Kier alpha value is -1.46. The normalized spacial score (nSPS) is 12.2. The van der Waals surface area contributed by atoms with Crippen molar-refractivity contribution in [3.8, 4) is 0 Å². The van der Waals surface area contributed by atoms with E-state index in [0.717, 1.165) is 0 Å². The maximum absolute atomic E-state index is 10.9. The van der Waals surface area contributed by atoms with Crippen molar-refractivity contribution in [1.29, 1.82) is 0 Å². The molecule has 0 aromatic carbocycles. The highest BCUT2D eigenvalue weighted by molar-refractivity contribution is 5.87. The van der Waals surface area contributed by atoms with Crippen LogP contribution >= 0.6 is 0 Å². The Balaban J connectivity index is 2.75. The summed E-state index contributed by atoms with van der Waals surface area (Å²) in [6.07, 6.45) is 1.44. The van der Waals surface area contributed by atoms with E-state index in [9.17, 15) is 10.0 Å². The van der Waals surface area contributed by atoms with Gasteiger partial charge in [0.15, 0.2) is 0 Å². The highest BCUT2D eigenvalue weighted by Crippen LogP contribution is 2.04. The van der Waals surface area contributed by atoms with Crippen LogP contribution in [0.1, 0.15) is 6.92 Å². The number of quaternary nitrogens is 1. The van der Waals surface area contributed by atoms with Gasteiger partial charge >= 0.3 is 0 Å². The summed E-state index contributed by atoms with van der Waals surface area (Å²) in [5.74, 6) is 0.278. The number of carbonyl (C=O) groups is 1. The smallest absolute Gasteiger partial charge is 0.222 e. The number of pyridine rings is 1.